The highest BCUT2D eigenvalue weighted by Gasteiger charge is 2.27. The molecule has 14 nitrogen and oxygen atoms in total. The molecular weight excluding hydrogens is 680 g/mol. The molecule has 0 saturated heterocycles. The maximum atomic E-state index is 12.4. The third kappa shape index (κ3) is 33.2. The van der Waals surface area contributed by atoms with Crippen LogP contribution in [-0.4, -0.2) is 95.5 Å². The molecule has 53 heavy (non-hydrogen) atoms. The Hall–Kier alpha value is -3.10. The SMILES string of the molecule is CC(C)(C)C[C@@H](CCC(=O)O)C(=O)NCCCC(=O)CNC(C)(C)C.CC(C)(C)C[C@@H](CCC(=O)O)C(=O)NCCCNC(=O)[C@H](CN)NC(C)(C)C. The van der Waals surface area contributed by atoms with Crippen molar-refractivity contribution < 1.29 is 39.0 Å². The van der Waals surface area contributed by atoms with Crippen LogP contribution in [0.15, 0.2) is 0 Å². The monoisotopic (exact) mass is 757 g/mol. The van der Waals surface area contributed by atoms with E-state index in [4.69, 9.17) is 15.9 Å². The molecule has 3 atom stereocenters. The third-order valence-corrected chi connectivity index (χ3v) is 7.73. The highest BCUT2D eigenvalue weighted by atomic mass is 16.4. The summed E-state index contributed by atoms with van der Waals surface area (Å²) in [4.78, 5) is 70.3. The molecule has 0 aliphatic carbocycles. The average Bonchev–Trinajstić information content (AvgIpc) is 2.98. The number of carbonyl (C=O) groups is 6. The molecule has 0 aromatic carbocycles. The lowest BCUT2D eigenvalue weighted by atomic mass is 9.82. The van der Waals surface area contributed by atoms with E-state index in [0.29, 0.717) is 71.1 Å². The minimum absolute atomic E-state index is 0.00880. The second-order valence-corrected chi connectivity index (χ2v) is 18.4. The van der Waals surface area contributed by atoms with Gasteiger partial charge in [0.25, 0.3) is 0 Å². The van der Waals surface area contributed by atoms with Gasteiger partial charge in [0.05, 0.1) is 12.6 Å². The molecule has 0 aliphatic heterocycles. The molecule has 310 valence electrons. The first-order valence-electron chi connectivity index (χ1n) is 19.1. The van der Waals surface area contributed by atoms with Crippen molar-refractivity contribution in [2.24, 2.45) is 28.4 Å². The standard InChI is InChI=1S/C20H40N4O4.C19H36N2O4/c1-19(2,3)12-14(8-9-16(25)26)17(27)22-10-7-11-23-18(28)15(13-21)24-20(4,5)6;1-18(2,3)12-14(9-10-16(23)24)17(25)20-11-7-8-15(22)13-21-19(4,5)6/h14-15,24H,7-13,21H2,1-6H3,(H,22,27)(H,23,28)(H,25,26);14,21H,7-13H2,1-6H3,(H,20,25)(H,23,24)/t14-,15+;14-/m11/s1. The predicted molar refractivity (Wildman–Crippen MR) is 210 cm³/mol. The molecule has 0 bridgehead atoms. The zero-order valence-electron chi connectivity index (χ0n) is 35.1. The number of carboxylic acid groups (broad SMARTS) is 2. The molecule has 3 amide bonds. The van der Waals surface area contributed by atoms with Crippen molar-refractivity contribution in [2.45, 2.75) is 158 Å². The van der Waals surface area contributed by atoms with E-state index in [9.17, 15) is 28.8 Å². The van der Waals surface area contributed by atoms with Gasteiger partial charge in [-0.3, -0.25) is 28.8 Å². The Morgan fingerprint density at radius 3 is 1.30 bits per heavy atom. The van der Waals surface area contributed by atoms with Gasteiger partial charge in [-0.25, -0.2) is 0 Å². The number of nitrogens with two attached hydrogens (primary N) is 1. The van der Waals surface area contributed by atoms with Crippen LogP contribution < -0.4 is 32.3 Å². The number of hydrogen-bond donors (Lipinski definition) is 8. The molecule has 0 spiro atoms. The number of nitrogens with one attached hydrogen (secondary N) is 5. The zero-order valence-corrected chi connectivity index (χ0v) is 35.1. The fourth-order valence-electron chi connectivity index (χ4n) is 5.35. The normalized spacial score (nSPS) is 13.8. The summed E-state index contributed by atoms with van der Waals surface area (Å²) in [5.74, 6) is -2.70. The van der Waals surface area contributed by atoms with E-state index >= 15 is 0 Å². The molecule has 0 aromatic rings. The van der Waals surface area contributed by atoms with Gasteiger partial charge in [0.15, 0.2) is 0 Å². The van der Waals surface area contributed by atoms with Crippen LogP contribution in [0.5, 0.6) is 0 Å². The van der Waals surface area contributed by atoms with Gasteiger partial charge in [-0.2, -0.15) is 0 Å². The quantitative estimate of drug-likeness (QED) is 0.0695. The summed E-state index contributed by atoms with van der Waals surface area (Å²) in [5, 5.41) is 32.6. The second-order valence-electron chi connectivity index (χ2n) is 18.4. The number of ketones is 1. The van der Waals surface area contributed by atoms with Crippen LogP contribution in [0.25, 0.3) is 0 Å². The van der Waals surface area contributed by atoms with Gasteiger partial charge in [-0.05, 0) is 90.9 Å². The molecule has 0 unspecified atom stereocenters. The Bertz CT molecular complexity index is 1130. The fourth-order valence-corrected chi connectivity index (χ4v) is 5.35. The van der Waals surface area contributed by atoms with Gasteiger partial charge in [-0.1, -0.05) is 41.5 Å². The molecule has 0 fully saturated rings. The van der Waals surface area contributed by atoms with Crippen molar-refractivity contribution in [3.63, 3.8) is 0 Å². The lowest BCUT2D eigenvalue weighted by molar-refractivity contribution is -0.139. The number of hydrogen-bond acceptors (Lipinski definition) is 9. The van der Waals surface area contributed by atoms with Gasteiger partial charge in [0.2, 0.25) is 17.7 Å². The Labute approximate surface area is 319 Å². The lowest BCUT2D eigenvalue weighted by Gasteiger charge is -2.27. The first-order valence-corrected chi connectivity index (χ1v) is 19.1. The van der Waals surface area contributed by atoms with Crippen LogP contribution in [0.2, 0.25) is 0 Å². The summed E-state index contributed by atoms with van der Waals surface area (Å²) in [6, 6.07) is -0.457. The van der Waals surface area contributed by atoms with Crippen molar-refractivity contribution >= 4 is 35.4 Å². The van der Waals surface area contributed by atoms with E-state index in [0.717, 1.165) is 0 Å². The summed E-state index contributed by atoms with van der Waals surface area (Å²) in [6.45, 7) is 26.0. The first kappa shape index (κ1) is 52.0. The smallest absolute Gasteiger partial charge is 0.303 e. The second kappa shape index (κ2) is 25.1. The molecule has 0 saturated carbocycles. The molecule has 0 heterocycles. The number of amides is 3. The maximum Gasteiger partial charge on any atom is 0.303 e. The van der Waals surface area contributed by atoms with E-state index < -0.39 is 18.0 Å². The number of rotatable bonds is 23. The Morgan fingerprint density at radius 2 is 0.962 bits per heavy atom. The Balaban J connectivity index is 0. The number of carbonyl (C=O) groups excluding carboxylic acids is 4. The van der Waals surface area contributed by atoms with Crippen LogP contribution in [0, 0.1) is 22.7 Å². The zero-order chi connectivity index (χ0) is 41.6. The van der Waals surface area contributed by atoms with Gasteiger partial charge >= 0.3 is 11.9 Å². The lowest BCUT2D eigenvalue weighted by Crippen LogP contribution is -2.55. The maximum absolute atomic E-state index is 12.4. The molecule has 14 heteroatoms. The van der Waals surface area contributed by atoms with Gasteiger partial charge < -0.3 is 42.5 Å². The van der Waals surface area contributed by atoms with E-state index in [1.807, 2.05) is 83.1 Å². The summed E-state index contributed by atoms with van der Waals surface area (Å²) in [5.41, 5.74) is 5.25. The van der Waals surface area contributed by atoms with E-state index in [-0.39, 0.29) is 76.6 Å². The largest absolute Gasteiger partial charge is 0.481 e. The summed E-state index contributed by atoms with van der Waals surface area (Å²) >= 11 is 0. The third-order valence-electron chi connectivity index (χ3n) is 7.73. The topological polar surface area (TPSA) is 229 Å². The van der Waals surface area contributed by atoms with Crippen molar-refractivity contribution in [1.82, 2.24) is 26.6 Å². The molecule has 0 radical (unpaired) electrons. The minimum Gasteiger partial charge on any atom is -0.481 e. The Kier molecular flexibility index (Phi) is 24.6. The summed E-state index contributed by atoms with van der Waals surface area (Å²) < 4.78 is 0. The summed E-state index contributed by atoms with van der Waals surface area (Å²) in [6.07, 6.45) is 3.50. The Morgan fingerprint density at radius 1 is 0.566 bits per heavy atom. The number of Topliss-reactive ketones (excluding diaryl/α,β-unsaturated/α-hetero) is 1. The highest BCUT2D eigenvalue weighted by molar-refractivity contribution is 5.82. The predicted octanol–water partition coefficient (Wildman–Crippen LogP) is 4.00. The molecule has 9 N–H and O–H groups in total. The van der Waals surface area contributed by atoms with E-state index in [2.05, 4.69) is 26.6 Å². The van der Waals surface area contributed by atoms with E-state index in [1.165, 1.54) is 0 Å². The van der Waals surface area contributed by atoms with Crippen molar-refractivity contribution in [3.05, 3.63) is 0 Å². The summed E-state index contributed by atoms with van der Waals surface area (Å²) in [7, 11) is 0. The fraction of sp³-hybridized carbons (Fsp3) is 0.846. The van der Waals surface area contributed by atoms with Gasteiger partial charge in [0.1, 0.15) is 5.78 Å². The van der Waals surface area contributed by atoms with Crippen molar-refractivity contribution in [3.8, 4) is 0 Å². The average molecular weight is 757 g/mol. The number of aliphatic carboxylic acids is 2. The minimum atomic E-state index is -0.896. The van der Waals surface area contributed by atoms with Crippen molar-refractivity contribution in [2.75, 3.05) is 32.7 Å². The van der Waals surface area contributed by atoms with Crippen LogP contribution in [0.1, 0.15) is 141 Å². The van der Waals surface area contributed by atoms with Crippen molar-refractivity contribution in [1.29, 1.82) is 0 Å². The highest BCUT2D eigenvalue weighted by Crippen LogP contribution is 2.28. The van der Waals surface area contributed by atoms with Gasteiger partial charge in [-0.15, -0.1) is 0 Å². The van der Waals surface area contributed by atoms with E-state index in [1.54, 1.807) is 0 Å². The van der Waals surface area contributed by atoms with Gasteiger partial charge in [0, 0.05) is 68.4 Å². The number of carboxylic acids is 2. The molecule has 0 rings (SSSR count). The molecule has 0 aliphatic rings. The van der Waals surface area contributed by atoms with Crippen LogP contribution in [-0.2, 0) is 28.8 Å². The molecule has 0 aromatic heterocycles. The van der Waals surface area contributed by atoms with Crippen LogP contribution in [0.4, 0.5) is 0 Å². The first-order chi connectivity index (χ1) is 24.0. The van der Waals surface area contributed by atoms with Crippen LogP contribution >= 0.6 is 0 Å². The molecular formula is C39H76N6O8. The van der Waals surface area contributed by atoms with Crippen LogP contribution in [0.3, 0.4) is 0 Å².